The minimum absolute atomic E-state index is 0.266. The number of hydrogen-bond acceptors (Lipinski definition) is 4. The van der Waals surface area contributed by atoms with Crippen molar-refractivity contribution in [3.63, 3.8) is 0 Å². The van der Waals surface area contributed by atoms with Gasteiger partial charge in [0.25, 0.3) is 0 Å². The third-order valence-electron chi connectivity index (χ3n) is 4.09. The lowest BCUT2D eigenvalue weighted by atomic mass is 10.0. The molecule has 0 saturated heterocycles. The standard InChI is InChI=1S/C19H30BrO6P/c20-15-18(16-25-27(22,23)24)26-19(21)14-10-5-3-1-2-4-7-11-17-12-8-6-9-13-17/h6,8-9,12-13,18H,1-5,7,10-11,14-16H2,(H2,22,23,24)/t18-/m1/s1. The second-order valence-corrected chi connectivity index (χ2v) is 8.40. The maximum absolute atomic E-state index is 11.8. The Hall–Kier alpha value is -0.720. The van der Waals surface area contributed by atoms with E-state index in [9.17, 15) is 9.36 Å². The molecule has 0 aromatic heterocycles. The van der Waals surface area contributed by atoms with E-state index < -0.39 is 13.9 Å². The highest BCUT2D eigenvalue weighted by molar-refractivity contribution is 9.09. The van der Waals surface area contributed by atoms with Crippen LogP contribution in [-0.4, -0.2) is 33.8 Å². The molecular weight excluding hydrogens is 435 g/mol. The molecule has 0 spiro atoms. The summed E-state index contributed by atoms with van der Waals surface area (Å²) in [5, 5.41) is 0.266. The van der Waals surface area contributed by atoms with Gasteiger partial charge in [0.1, 0.15) is 6.10 Å². The van der Waals surface area contributed by atoms with E-state index in [1.54, 1.807) is 0 Å². The molecule has 0 radical (unpaired) electrons. The SMILES string of the molecule is O=C(CCCCCCCCCc1ccccc1)O[C@H](CBr)COP(=O)(O)O. The van der Waals surface area contributed by atoms with E-state index in [4.69, 9.17) is 14.5 Å². The van der Waals surface area contributed by atoms with Crippen LogP contribution in [0.15, 0.2) is 30.3 Å². The monoisotopic (exact) mass is 464 g/mol. The Labute approximate surface area is 170 Å². The van der Waals surface area contributed by atoms with Crippen LogP contribution in [0.3, 0.4) is 0 Å². The Morgan fingerprint density at radius 2 is 1.59 bits per heavy atom. The molecule has 0 heterocycles. The molecule has 0 aliphatic carbocycles. The highest BCUT2D eigenvalue weighted by atomic mass is 79.9. The zero-order chi connectivity index (χ0) is 20.0. The van der Waals surface area contributed by atoms with Crippen molar-refractivity contribution in [2.75, 3.05) is 11.9 Å². The van der Waals surface area contributed by atoms with Gasteiger partial charge in [-0.25, -0.2) is 4.57 Å². The van der Waals surface area contributed by atoms with E-state index >= 15 is 0 Å². The number of unbranched alkanes of at least 4 members (excludes halogenated alkanes) is 6. The van der Waals surface area contributed by atoms with Crippen LogP contribution in [0, 0.1) is 0 Å². The van der Waals surface area contributed by atoms with Gasteiger partial charge in [0.05, 0.1) is 6.61 Å². The molecule has 2 N–H and O–H groups in total. The number of phosphoric acid groups is 1. The van der Waals surface area contributed by atoms with Gasteiger partial charge in [-0.15, -0.1) is 0 Å². The first kappa shape index (κ1) is 24.3. The van der Waals surface area contributed by atoms with Gasteiger partial charge < -0.3 is 14.5 Å². The number of alkyl halides is 1. The Bertz CT molecular complexity index is 563. The van der Waals surface area contributed by atoms with E-state index in [0.29, 0.717) is 6.42 Å². The topological polar surface area (TPSA) is 93.1 Å². The summed E-state index contributed by atoms with van der Waals surface area (Å²) in [7, 11) is -4.55. The second-order valence-electron chi connectivity index (χ2n) is 6.51. The van der Waals surface area contributed by atoms with E-state index in [1.165, 1.54) is 31.2 Å². The average molecular weight is 465 g/mol. The number of aryl methyl sites for hydroxylation is 1. The predicted molar refractivity (Wildman–Crippen MR) is 109 cm³/mol. The van der Waals surface area contributed by atoms with Crippen LogP contribution in [0.25, 0.3) is 0 Å². The molecule has 0 fully saturated rings. The van der Waals surface area contributed by atoms with Gasteiger partial charge in [0.15, 0.2) is 0 Å². The fourth-order valence-electron chi connectivity index (χ4n) is 2.66. The maximum Gasteiger partial charge on any atom is 0.469 e. The van der Waals surface area contributed by atoms with E-state index in [2.05, 4.69) is 44.7 Å². The van der Waals surface area contributed by atoms with Crippen LogP contribution in [-0.2, 0) is 25.0 Å². The third kappa shape index (κ3) is 14.0. The zero-order valence-corrected chi connectivity index (χ0v) is 18.1. The molecule has 0 amide bonds. The van der Waals surface area contributed by atoms with Crippen LogP contribution in [0.2, 0.25) is 0 Å². The first-order valence-electron chi connectivity index (χ1n) is 9.40. The number of hydrogen-bond donors (Lipinski definition) is 2. The predicted octanol–water partition coefficient (Wildman–Crippen LogP) is 4.77. The summed E-state index contributed by atoms with van der Waals surface area (Å²) in [5.41, 5.74) is 1.39. The molecule has 1 aromatic carbocycles. The van der Waals surface area contributed by atoms with Gasteiger partial charge in [0.2, 0.25) is 0 Å². The zero-order valence-electron chi connectivity index (χ0n) is 15.6. The number of halogens is 1. The van der Waals surface area contributed by atoms with Crippen molar-refractivity contribution < 1.29 is 28.4 Å². The Balaban J connectivity index is 1.97. The van der Waals surface area contributed by atoms with Gasteiger partial charge in [0, 0.05) is 11.8 Å². The minimum atomic E-state index is -4.55. The number of ether oxygens (including phenoxy) is 1. The van der Waals surface area contributed by atoms with E-state index in [0.717, 1.165) is 25.7 Å². The smallest absolute Gasteiger partial charge is 0.459 e. The van der Waals surface area contributed by atoms with Crippen molar-refractivity contribution in [3.05, 3.63) is 35.9 Å². The first-order chi connectivity index (χ1) is 12.9. The van der Waals surface area contributed by atoms with Gasteiger partial charge in [-0.3, -0.25) is 9.32 Å². The minimum Gasteiger partial charge on any atom is -0.459 e. The lowest BCUT2D eigenvalue weighted by Crippen LogP contribution is -2.24. The largest absolute Gasteiger partial charge is 0.469 e. The lowest BCUT2D eigenvalue weighted by Gasteiger charge is -2.15. The summed E-state index contributed by atoms with van der Waals surface area (Å²) in [6.45, 7) is -0.329. The number of rotatable bonds is 15. The van der Waals surface area contributed by atoms with Crippen molar-refractivity contribution in [2.24, 2.45) is 0 Å². The Morgan fingerprint density at radius 1 is 1.00 bits per heavy atom. The fraction of sp³-hybridized carbons (Fsp3) is 0.632. The maximum atomic E-state index is 11.8. The third-order valence-corrected chi connectivity index (χ3v) is 5.30. The highest BCUT2D eigenvalue weighted by Crippen LogP contribution is 2.36. The summed E-state index contributed by atoms with van der Waals surface area (Å²) < 4.78 is 20.2. The number of esters is 1. The lowest BCUT2D eigenvalue weighted by molar-refractivity contribution is -0.149. The molecule has 1 rings (SSSR count). The van der Waals surface area contributed by atoms with Crippen LogP contribution in [0.5, 0.6) is 0 Å². The van der Waals surface area contributed by atoms with Crippen LogP contribution >= 0.6 is 23.8 Å². The summed E-state index contributed by atoms with van der Waals surface area (Å²) >= 11 is 3.14. The van der Waals surface area contributed by atoms with Crippen LogP contribution in [0.4, 0.5) is 0 Å². The number of benzene rings is 1. The quantitative estimate of drug-likeness (QED) is 0.168. The molecule has 154 valence electrons. The van der Waals surface area contributed by atoms with Crippen molar-refractivity contribution >= 4 is 29.7 Å². The van der Waals surface area contributed by atoms with Gasteiger partial charge in [-0.05, 0) is 24.8 Å². The molecule has 6 nitrogen and oxygen atoms in total. The first-order valence-corrected chi connectivity index (χ1v) is 12.1. The number of phosphoric ester groups is 1. The molecule has 27 heavy (non-hydrogen) atoms. The molecule has 0 saturated carbocycles. The van der Waals surface area contributed by atoms with Gasteiger partial charge in [-0.2, -0.15) is 0 Å². The Kier molecular flexibility index (Phi) is 12.9. The van der Waals surface area contributed by atoms with E-state index in [-0.39, 0.29) is 17.9 Å². The number of carbonyl (C=O) groups excluding carboxylic acids is 1. The van der Waals surface area contributed by atoms with Crippen LogP contribution < -0.4 is 0 Å². The van der Waals surface area contributed by atoms with Crippen molar-refractivity contribution in [3.8, 4) is 0 Å². The molecule has 0 aliphatic heterocycles. The van der Waals surface area contributed by atoms with E-state index in [1.807, 2.05) is 6.07 Å². The molecule has 0 bridgehead atoms. The Morgan fingerprint density at radius 3 is 2.19 bits per heavy atom. The molecule has 1 atom stereocenters. The summed E-state index contributed by atoms with van der Waals surface area (Å²) in [6, 6.07) is 10.5. The number of carbonyl (C=O) groups is 1. The van der Waals surface area contributed by atoms with Crippen LogP contribution in [0.1, 0.15) is 56.9 Å². The molecule has 0 aliphatic rings. The molecule has 0 unspecified atom stereocenters. The molecular formula is C19H30BrO6P. The summed E-state index contributed by atoms with van der Waals surface area (Å²) in [6.07, 6.45) is 8.40. The molecule has 1 aromatic rings. The summed E-state index contributed by atoms with van der Waals surface area (Å²) in [4.78, 5) is 29.1. The summed E-state index contributed by atoms with van der Waals surface area (Å²) in [5.74, 6) is -0.364. The second kappa shape index (κ2) is 14.3. The van der Waals surface area contributed by atoms with Crippen molar-refractivity contribution in [1.29, 1.82) is 0 Å². The average Bonchev–Trinajstić information content (AvgIpc) is 2.63. The van der Waals surface area contributed by atoms with Gasteiger partial charge in [-0.1, -0.05) is 78.4 Å². The van der Waals surface area contributed by atoms with Crippen molar-refractivity contribution in [1.82, 2.24) is 0 Å². The molecule has 8 heteroatoms. The normalized spacial score (nSPS) is 12.7. The highest BCUT2D eigenvalue weighted by Gasteiger charge is 2.20. The van der Waals surface area contributed by atoms with Gasteiger partial charge >= 0.3 is 13.8 Å². The van der Waals surface area contributed by atoms with Crippen molar-refractivity contribution in [2.45, 2.75) is 63.9 Å². The fourth-order valence-corrected chi connectivity index (χ4v) is 3.34.